The molecule has 37 heavy (non-hydrogen) atoms. The SMILES string of the molecule is COC(=O)[C@H](CO)NC(=O)c1nc2ccccc2n(CC[C@@H]2CC[C@H](C)N2C2CCCCCCC2)c1=O. The molecule has 0 spiro atoms. The Balaban J connectivity index is 1.58. The van der Waals surface area contributed by atoms with Crippen LogP contribution in [0.2, 0.25) is 0 Å². The lowest BCUT2D eigenvalue weighted by Crippen LogP contribution is -2.46. The lowest BCUT2D eigenvalue weighted by Gasteiger charge is -2.37. The number of nitrogens with one attached hydrogen (secondary N) is 1. The quantitative estimate of drug-likeness (QED) is 0.523. The van der Waals surface area contributed by atoms with Crippen LogP contribution in [0.15, 0.2) is 29.1 Å². The molecule has 2 aliphatic rings. The summed E-state index contributed by atoms with van der Waals surface area (Å²) in [6.45, 7) is 2.16. The predicted octanol–water partition coefficient (Wildman–Crippen LogP) is 3.02. The van der Waals surface area contributed by atoms with Crippen LogP contribution in [0.1, 0.15) is 81.6 Å². The fourth-order valence-electron chi connectivity index (χ4n) is 6.16. The molecule has 3 atom stereocenters. The van der Waals surface area contributed by atoms with Gasteiger partial charge in [0.05, 0.1) is 24.8 Å². The number of aromatic nitrogens is 2. The van der Waals surface area contributed by atoms with E-state index in [1.54, 1.807) is 10.6 Å². The number of benzene rings is 1. The van der Waals surface area contributed by atoms with Gasteiger partial charge < -0.3 is 19.7 Å². The molecule has 0 bridgehead atoms. The van der Waals surface area contributed by atoms with Crippen molar-refractivity contribution in [1.29, 1.82) is 0 Å². The minimum absolute atomic E-state index is 0.294. The van der Waals surface area contributed by atoms with Gasteiger partial charge in [-0.05, 0) is 51.2 Å². The normalized spacial score (nSPS) is 22.4. The molecule has 2 fully saturated rings. The zero-order valence-corrected chi connectivity index (χ0v) is 22.0. The summed E-state index contributed by atoms with van der Waals surface area (Å²) in [6, 6.07) is 7.55. The summed E-state index contributed by atoms with van der Waals surface area (Å²) in [5.74, 6) is -1.60. The van der Waals surface area contributed by atoms with E-state index in [1.165, 1.54) is 52.1 Å². The molecule has 1 aromatic carbocycles. The molecule has 2 aromatic rings. The van der Waals surface area contributed by atoms with E-state index in [9.17, 15) is 19.5 Å². The Labute approximate surface area is 218 Å². The molecule has 4 rings (SSSR count). The van der Waals surface area contributed by atoms with Crippen LogP contribution in [0.25, 0.3) is 11.0 Å². The fraction of sp³-hybridized carbons (Fsp3) is 0.643. The molecule has 1 amide bonds. The number of esters is 1. The molecule has 1 saturated carbocycles. The number of aliphatic hydroxyl groups is 1. The highest BCUT2D eigenvalue weighted by atomic mass is 16.5. The van der Waals surface area contributed by atoms with Crippen molar-refractivity contribution >= 4 is 22.9 Å². The summed E-state index contributed by atoms with van der Waals surface area (Å²) < 4.78 is 6.26. The number of methoxy groups -OCH3 is 1. The number of carbonyl (C=O) groups excluding carboxylic acids is 2. The van der Waals surface area contributed by atoms with E-state index in [2.05, 4.69) is 26.9 Å². The largest absolute Gasteiger partial charge is 0.467 e. The topological polar surface area (TPSA) is 114 Å². The second-order valence-corrected chi connectivity index (χ2v) is 10.5. The van der Waals surface area contributed by atoms with E-state index in [-0.39, 0.29) is 5.69 Å². The highest BCUT2D eigenvalue weighted by Gasteiger charge is 2.35. The van der Waals surface area contributed by atoms with Crippen molar-refractivity contribution in [2.45, 2.75) is 102 Å². The summed E-state index contributed by atoms with van der Waals surface area (Å²) in [7, 11) is 1.17. The molecule has 0 unspecified atom stereocenters. The van der Waals surface area contributed by atoms with Crippen molar-refractivity contribution in [3.05, 3.63) is 40.3 Å². The average Bonchev–Trinajstić information content (AvgIpc) is 3.25. The fourth-order valence-corrected chi connectivity index (χ4v) is 6.16. The molecule has 9 heteroatoms. The molecular formula is C28H40N4O5. The average molecular weight is 513 g/mol. The van der Waals surface area contributed by atoms with Gasteiger partial charge >= 0.3 is 5.97 Å². The molecular weight excluding hydrogens is 472 g/mol. The van der Waals surface area contributed by atoms with E-state index < -0.39 is 30.1 Å². The van der Waals surface area contributed by atoms with Gasteiger partial charge in [0.2, 0.25) is 0 Å². The zero-order chi connectivity index (χ0) is 26.4. The van der Waals surface area contributed by atoms with E-state index in [0.29, 0.717) is 35.7 Å². The molecule has 2 heterocycles. The van der Waals surface area contributed by atoms with Crippen LogP contribution in [0.4, 0.5) is 0 Å². The summed E-state index contributed by atoms with van der Waals surface area (Å²) in [4.78, 5) is 45.4. The van der Waals surface area contributed by atoms with Gasteiger partial charge in [-0.15, -0.1) is 0 Å². The second kappa shape index (κ2) is 12.6. The maximum absolute atomic E-state index is 13.5. The molecule has 1 saturated heterocycles. The highest BCUT2D eigenvalue weighted by molar-refractivity contribution is 5.96. The number of para-hydroxylation sites is 2. The van der Waals surface area contributed by atoms with Crippen molar-refractivity contribution in [2.75, 3.05) is 13.7 Å². The first kappa shape index (κ1) is 27.3. The molecule has 1 aliphatic carbocycles. The lowest BCUT2D eigenvalue weighted by atomic mass is 9.94. The van der Waals surface area contributed by atoms with E-state index in [0.717, 1.165) is 19.3 Å². The van der Waals surface area contributed by atoms with Gasteiger partial charge in [-0.25, -0.2) is 9.78 Å². The number of likely N-dealkylation sites (tertiary alicyclic amines) is 1. The van der Waals surface area contributed by atoms with Crippen LogP contribution >= 0.6 is 0 Å². The van der Waals surface area contributed by atoms with Gasteiger partial charge in [-0.3, -0.25) is 14.5 Å². The van der Waals surface area contributed by atoms with Crippen molar-refractivity contribution < 1.29 is 19.4 Å². The van der Waals surface area contributed by atoms with Gasteiger partial charge in [0, 0.05) is 24.7 Å². The third kappa shape index (κ3) is 6.21. The van der Waals surface area contributed by atoms with Gasteiger partial charge in [0.15, 0.2) is 11.7 Å². The van der Waals surface area contributed by atoms with Crippen molar-refractivity contribution in [1.82, 2.24) is 19.8 Å². The first-order chi connectivity index (χ1) is 17.9. The number of carbonyl (C=O) groups is 2. The first-order valence-corrected chi connectivity index (χ1v) is 13.7. The third-order valence-electron chi connectivity index (χ3n) is 8.07. The number of nitrogens with zero attached hydrogens (tertiary/aromatic N) is 3. The van der Waals surface area contributed by atoms with Crippen LogP contribution < -0.4 is 10.9 Å². The van der Waals surface area contributed by atoms with E-state index in [1.807, 2.05) is 18.2 Å². The molecule has 2 N–H and O–H groups in total. The Morgan fingerprint density at radius 2 is 1.81 bits per heavy atom. The summed E-state index contributed by atoms with van der Waals surface area (Å²) >= 11 is 0. The number of hydrogen-bond donors (Lipinski definition) is 2. The number of aliphatic hydroxyl groups excluding tert-OH is 1. The van der Waals surface area contributed by atoms with Crippen molar-refractivity contribution in [2.24, 2.45) is 0 Å². The number of amides is 1. The van der Waals surface area contributed by atoms with Crippen LogP contribution in [0, 0.1) is 0 Å². The molecule has 1 aliphatic heterocycles. The monoisotopic (exact) mass is 512 g/mol. The van der Waals surface area contributed by atoms with Gasteiger partial charge in [0.25, 0.3) is 11.5 Å². The predicted molar refractivity (Wildman–Crippen MR) is 141 cm³/mol. The van der Waals surface area contributed by atoms with Crippen molar-refractivity contribution in [3.63, 3.8) is 0 Å². The van der Waals surface area contributed by atoms with Crippen LogP contribution in [-0.2, 0) is 16.1 Å². The smallest absolute Gasteiger partial charge is 0.330 e. The molecule has 1 aromatic heterocycles. The minimum atomic E-state index is -1.27. The lowest BCUT2D eigenvalue weighted by molar-refractivity contribution is -0.143. The second-order valence-electron chi connectivity index (χ2n) is 10.5. The highest BCUT2D eigenvalue weighted by Crippen LogP contribution is 2.33. The Bertz CT molecular complexity index is 1140. The number of fused-ring (bicyclic) bond motifs is 1. The van der Waals surface area contributed by atoms with Gasteiger partial charge in [-0.1, -0.05) is 44.2 Å². The molecule has 202 valence electrons. The van der Waals surface area contributed by atoms with Crippen LogP contribution in [-0.4, -0.2) is 69.3 Å². The Hall–Kier alpha value is -2.78. The van der Waals surface area contributed by atoms with Crippen molar-refractivity contribution in [3.8, 4) is 0 Å². The van der Waals surface area contributed by atoms with Crippen LogP contribution in [0.3, 0.4) is 0 Å². The van der Waals surface area contributed by atoms with E-state index in [4.69, 9.17) is 0 Å². The van der Waals surface area contributed by atoms with E-state index >= 15 is 0 Å². The zero-order valence-electron chi connectivity index (χ0n) is 22.0. The number of aryl methyl sites for hydroxylation is 1. The molecule has 0 radical (unpaired) electrons. The molecule has 9 nitrogen and oxygen atoms in total. The standard InChI is InChI=1S/C28H40N4O5/c1-19-14-15-21(32(19)20-10-6-4-3-5-7-11-20)16-17-31-24-13-9-8-12-22(24)29-25(27(31)35)26(34)30-23(18-33)28(36)37-2/h8-9,12-13,19-21,23,33H,3-7,10-11,14-18H2,1-2H3,(H,30,34)/t19-,21-,23-/m0/s1. The van der Waals surface area contributed by atoms with Crippen LogP contribution in [0.5, 0.6) is 0 Å². The Morgan fingerprint density at radius 3 is 2.51 bits per heavy atom. The summed E-state index contributed by atoms with van der Waals surface area (Å²) in [6.07, 6.45) is 12.1. The maximum atomic E-state index is 13.5. The number of rotatable bonds is 8. The maximum Gasteiger partial charge on any atom is 0.330 e. The third-order valence-corrected chi connectivity index (χ3v) is 8.07. The number of hydrogen-bond acceptors (Lipinski definition) is 7. The van der Waals surface area contributed by atoms with Gasteiger partial charge in [-0.2, -0.15) is 0 Å². The first-order valence-electron chi connectivity index (χ1n) is 13.7. The summed E-state index contributed by atoms with van der Waals surface area (Å²) in [5.41, 5.74) is 0.417. The van der Waals surface area contributed by atoms with Gasteiger partial charge in [0.1, 0.15) is 0 Å². The summed E-state index contributed by atoms with van der Waals surface area (Å²) in [5, 5.41) is 11.9. The number of ether oxygens (including phenoxy) is 1. The Kier molecular flexibility index (Phi) is 9.32. The Morgan fingerprint density at radius 1 is 1.11 bits per heavy atom. The minimum Gasteiger partial charge on any atom is -0.467 e.